The fraction of sp³-hybridized carbons (Fsp3) is 0.368. The predicted octanol–water partition coefficient (Wildman–Crippen LogP) is 2.59. The second kappa shape index (κ2) is 9.17. The van der Waals surface area contributed by atoms with Crippen LogP contribution in [0.3, 0.4) is 0 Å². The maximum atomic E-state index is 12.3. The Labute approximate surface area is 152 Å². The molecule has 7 nitrogen and oxygen atoms in total. The number of aromatic nitrogens is 1. The van der Waals surface area contributed by atoms with Crippen molar-refractivity contribution in [3.05, 3.63) is 54.4 Å². The number of carbonyl (C=O) groups is 1. The molecule has 2 heterocycles. The molecule has 138 valence electrons. The summed E-state index contributed by atoms with van der Waals surface area (Å²) in [5.41, 5.74) is 1.40. The van der Waals surface area contributed by atoms with E-state index in [4.69, 9.17) is 14.2 Å². The van der Waals surface area contributed by atoms with Gasteiger partial charge in [0.15, 0.2) is 0 Å². The van der Waals surface area contributed by atoms with E-state index in [1.807, 2.05) is 37.3 Å². The number of para-hydroxylation sites is 2. The van der Waals surface area contributed by atoms with Crippen molar-refractivity contribution in [2.24, 2.45) is 0 Å². The van der Waals surface area contributed by atoms with Crippen LogP contribution < -0.4 is 15.4 Å². The van der Waals surface area contributed by atoms with Crippen LogP contribution in [0.4, 0.5) is 10.5 Å². The molecule has 2 atom stereocenters. The van der Waals surface area contributed by atoms with Gasteiger partial charge in [0.2, 0.25) is 0 Å². The second-order valence-electron chi connectivity index (χ2n) is 5.84. The highest BCUT2D eigenvalue weighted by molar-refractivity contribution is 5.91. The standard InChI is InChI=1S/C19H23N3O4/c1-2-25-18-13-24-12-16(18)22-19(23)21-15-8-3-4-9-17(15)26-11-14-7-5-6-10-20-14/h3-10,16,18H,2,11-13H2,1H3,(H2,21,22,23)/t16-,18-/m1/s1. The molecule has 0 unspecified atom stereocenters. The van der Waals surface area contributed by atoms with Crippen LogP contribution in [0.5, 0.6) is 5.75 Å². The van der Waals surface area contributed by atoms with Gasteiger partial charge in [-0.25, -0.2) is 4.79 Å². The Balaban J connectivity index is 1.58. The first kappa shape index (κ1) is 18.2. The van der Waals surface area contributed by atoms with E-state index in [1.54, 1.807) is 18.3 Å². The van der Waals surface area contributed by atoms with Crippen LogP contribution in [0.1, 0.15) is 12.6 Å². The summed E-state index contributed by atoms with van der Waals surface area (Å²) in [4.78, 5) is 16.6. The summed E-state index contributed by atoms with van der Waals surface area (Å²) in [6.45, 7) is 3.76. The van der Waals surface area contributed by atoms with Crippen molar-refractivity contribution < 1.29 is 19.0 Å². The molecule has 1 aliphatic heterocycles. The number of carbonyl (C=O) groups excluding carboxylic acids is 1. The van der Waals surface area contributed by atoms with Crippen LogP contribution in [0.2, 0.25) is 0 Å². The molecule has 0 radical (unpaired) electrons. The number of pyridine rings is 1. The van der Waals surface area contributed by atoms with E-state index < -0.39 is 0 Å². The number of anilines is 1. The normalized spacial score (nSPS) is 19.1. The Morgan fingerprint density at radius 2 is 2.08 bits per heavy atom. The van der Waals surface area contributed by atoms with Gasteiger partial charge in [0.25, 0.3) is 0 Å². The molecule has 0 bridgehead atoms. The van der Waals surface area contributed by atoms with E-state index in [1.165, 1.54) is 0 Å². The SMILES string of the molecule is CCO[C@@H]1COC[C@H]1NC(=O)Nc1ccccc1OCc1ccccn1. The lowest BCUT2D eigenvalue weighted by Crippen LogP contribution is -2.45. The zero-order valence-corrected chi connectivity index (χ0v) is 14.7. The van der Waals surface area contributed by atoms with E-state index >= 15 is 0 Å². The molecule has 0 spiro atoms. The Morgan fingerprint density at radius 1 is 1.23 bits per heavy atom. The minimum atomic E-state index is -0.320. The van der Waals surface area contributed by atoms with Gasteiger partial charge in [0.05, 0.1) is 30.6 Å². The van der Waals surface area contributed by atoms with Crippen LogP contribution in [0, 0.1) is 0 Å². The first-order valence-corrected chi connectivity index (χ1v) is 8.65. The van der Waals surface area contributed by atoms with E-state index in [9.17, 15) is 4.79 Å². The molecule has 1 aromatic heterocycles. The highest BCUT2D eigenvalue weighted by atomic mass is 16.5. The third-order valence-corrected chi connectivity index (χ3v) is 3.96. The molecular formula is C19H23N3O4. The van der Waals surface area contributed by atoms with Gasteiger partial charge < -0.3 is 24.8 Å². The van der Waals surface area contributed by atoms with E-state index in [0.717, 1.165) is 5.69 Å². The quantitative estimate of drug-likeness (QED) is 0.796. The van der Waals surface area contributed by atoms with Crippen molar-refractivity contribution in [1.82, 2.24) is 10.3 Å². The van der Waals surface area contributed by atoms with Crippen molar-refractivity contribution in [3.8, 4) is 5.75 Å². The van der Waals surface area contributed by atoms with Gasteiger partial charge in [-0.3, -0.25) is 4.98 Å². The maximum Gasteiger partial charge on any atom is 0.319 e. The minimum Gasteiger partial charge on any atom is -0.485 e. The smallest absolute Gasteiger partial charge is 0.319 e. The first-order chi connectivity index (χ1) is 12.8. The molecule has 2 amide bonds. The highest BCUT2D eigenvalue weighted by Crippen LogP contribution is 2.24. The van der Waals surface area contributed by atoms with Crippen molar-refractivity contribution in [2.75, 3.05) is 25.1 Å². The van der Waals surface area contributed by atoms with Crippen LogP contribution in [-0.2, 0) is 16.1 Å². The zero-order valence-electron chi connectivity index (χ0n) is 14.7. The van der Waals surface area contributed by atoms with Crippen LogP contribution in [0.15, 0.2) is 48.7 Å². The molecule has 2 aromatic rings. The Bertz CT molecular complexity index is 711. The number of amides is 2. The van der Waals surface area contributed by atoms with Crippen LogP contribution >= 0.6 is 0 Å². The largest absolute Gasteiger partial charge is 0.485 e. The summed E-state index contributed by atoms with van der Waals surface area (Å²) >= 11 is 0. The van der Waals surface area contributed by atoms with Gasteiger partial charge in [-0.05, 0) is 31.2 Å². The summed E-state index contributed by atoms with van der Waals surface area (Å²) in [7, 11) is 0. The second-order valence-corrected chi connectivity index (χ2v) is 5.84. The van der Waals surface area contributed by atoms with Gasteiger partial charge in [0.1, 0.15) is 18.5 Å². The van der Waals surface area contributed by atoms with Crippen molar-refractivity contribution in [2.45, 2.75) is 25.7 Å². The van der Waals surface area contributed by atoms with Crippen molar-refractivity contribution in [1.29, 1.82) is 0 Å². The average molecular weight is 357 g/mol. The van der Waals surface area contributed by atoms with E-state index in [0.29, 0.717) is 37.9 Å². The lowest BCUT2D eigenvalue weighted by Gasteiger charge is -2.19. The predicted molar refractivity (Wildman–Crippen MR) is 97.2 cm³/mol. The Morgan fingerprint density at radius 3 is 2.88 bits per heavy atom. The molecule has 7 heteroatoms. The molecule has 26 heavy (non-hydrogen) atoms. The Kier molecular flexibility index (Phi) is 6.40. The van der Waals surface area contributed by atoms with E-state index in [2.05, 4.69) is 15.6 Å². The monoisotopic (exact) mass is 357 g/mol. The number of benzene rings is 1. The zero-order chi connectivity index (χ0) is 18.2. The van der Waals surface area contributed by atoms with E-state index in [-0.39, 0.29) is 18.2 Å². The Hall–Kier alpha value is -2.64. The summed E-state index contributed by atoms with van der Waals surface area (Å²) in [6, 6.07) is 12.4. The number of ether oxygens (including phenoxy) is 3. The average Bonchev–Trinajstić information content (AvgIpc) is 3.09. The molecule has 1 saturated heterocycles. The van der Waals surface area contributed by atoms with Crippen LogP contribution in [-0.4, -0.2) is 43.0 Å². The van der Waals surface area contributed by atoms with Crippen LogP contribution in [0.25, 0.3) is 0 Å². The summed E-state index contributed by atoms with van der Waals surface area (Å²) in [6.07, 6.45) is 1.59. The van der Waals surface area contributed by atoms with Gasteiger partial charge in [-0.1, -0.05) is 18.2 Å². The van der Waals surface area contributed by atoms with Gasteiger partial charge in [0, 0.05) is 12.8 Å². The number of nitrogens with one attached hydrogen (secondary N) is 2. The van der Waals surface area contributed by atoms with Gasteiger partial charge >= 0.3 is 6.03 Å². The highest BCUT2D eigenvalue weighted by Gasteiger charge is 2.30. The van der Waals surface area contributed by atoms with Gasteiger partial charge in [-0.2, -0.15) is 0 Å². The molecule has 3 rings (SSSR count). The molecule has 1 aliphatic rings. The summed E-state index contributed by atoms with van der Waals surface area (Å²) in [5, 5.41) is 5.73. The molecule has 0 aliphatic carbocycles. The maximum absolute atomic E-state index is 12.3. The fourth-order valence-corrected chi connectivity index (χ4v) is 2.71. The number of rotatable bonds is 7. The molecule has 2 N–H and O–H groups in total. The molecule has 1 aromatic carbocycles. The molecular weight excluding hydrogens is 334 g/mol. The number of hydrogen-bond donors (Lipinski definition) is 2. The van der Waals surface area contributed by atoms with Gasteiger partial charge in [-0.15, -0.1) is 0 Å². The van der Waals surface area contributed by atoms with Crippen molar-refractivity contribution in [3.63, 3.8) is 0 Å². The number of hydrogen-bond acceptors (Lipinski definition) is 5. The number of nitrogens with zero attached hydrogens (tertiary/aromatic N) is 1. The molecule has 0 saturated carbocycles. The number of urea groups is 1. The summed E-state index contributed by atoms with van der Waals surface area (Å²) < 4.78 is 16.8. The topological polar surface area (TPSA) is 81.7 Å². The molecule has 1 fully saturated rings. The summed E-state index contributed by atoms with van der Waals surface area (Å²) in [5.74, 6) is 0.581. The first-order valence-electron chi connectivity index (χ1n) is 8.65. The fourth-order valence-electron chi connectivity index (χ4n) is 2.71. The third-order valence-electron chi connectivity index (χ3n) is 3.96. The minimum absolute atomic E-state index is 0.124. The lowest BCUT2D eigenvalue weighted by molar-refractivity contribution is 0.0428. The lowest BCUT2D eigenvalue weighted by atomic mass is 10.2. The van der Waals surface area contributed by atoms with Crippen molar-refractivity contribution >= 4 is 11.7 Å². The third kappa shape index (κ3) is 4.93.